The molecule has 7 nitrogen and oxygen atoms in total. The second kappa shape index (κ2) is 9.72. The maximum absolute atomic E-state index is 12.8. The average molecular weight is 471 g/mol. The minimum absolute atomic E-state index is 0.0400. The van der Waals surface area contributed by atoms with Crippen LogP contribution in [0.4, 0.5) is 0 Å². The number of hydrogen-bond acceptors (Lipinski definition) is 6. The van der Waals surface area contributed by atoms with Gasteiger partial charge in [0, 0.05) is 6.42 Å². The number of imidazole rings is 1. The Labute approximate surface area is 203 Å². The summed E-state index contributed by atoms with van der Waals surface area (Å²) < 4.78 is 19.6. The summed E-state index contributed by atoms with van der Waals surface area (Å²) in [4.78, 5) is 29.9. The first-order valence-corrected chi connectivity index (χ1v) is 11.6. The Kier molecular flexibility index (Phi) is 6.33. The minimum atomic E-state index is -0.620. The zero-order valence-corrected chi connectivity index (χ0v) is 19.6. The number of esters is 2. The van der Waals surface area contributed by atoms with E-state index in [4.69, 9.17) is 14.2 Å². The summed E-state index contributed by atoms with van der Waals surface area (Å²) in [6.45, 7) is 3.87. The Bertz CT molecular complexity index is 1340. The quantitative estimate of drug-likeness (QED) is 0.368. The first-order chi connectivity index (χ1) is 17.0. The predicted molar refractivity (Wildman–Crippen MR) is 130 cm³/mol. The van der Waals surface area contributed by atoms with Crippen molar-refractivity contribution in [2.24, 2.45) is 0 Å². The van der Waals surface area contributed by atoms with E-state index in [-0.39, 0.29) is 6.61 Å². The van der Waals surface area contributed by atoms with Crippen LogP contribution in [0.5, 0.6) is 0 Å². The average Bonchev–Trinajstić information content (AvgIpc) is 3.47. The maximum atomic E-state index is 12.8. The van der Waals surface area contributed by atoms with Crippen LogP contribution in [0, 0.1) is 13.8 Å². The van der Waals surface area contributed by atoms with E-state index in [0.717, 1.165) is 22.2 Å². The number of hydrogen-bond donors (Lipinski definition) is 0. The van der Waals surface area contributed by atoms with Gasteiger partial charge in [0.15, 0.2) is 0 Å². The molecule has 1 aliphatic rings. The van der Waals surface area contributed by atoms with Crippen LogP contribution in [0.25, 0.3) is 11.0 Å². The number of para-hydroxylation sites is 2. The summed E-state index contributed by atoms with van der Waals surface area (Å²) in [6, 6.07) is 22.1. The van der Waals surface area contributed by atoms with Gasteiger partial charge in [-0.3, -0.25) is 0 Å². The predicted octanol–water partition coefficient (Wildman–Crippen LogP) is 5.02. The van der Waals surface area contributed by atoms with Gasteiger partial charge in [-0.15, -0.1) is 0 Å². The van der Waals surface area contributed by atoms with Crippen molar-refractivity contribution in [1.29, 1.82) is 0 Å². The lowest BCUT2D eigenvalue weighted by Crippen LogP contribution is -2.32. The molecule has 0 unspecified atom stereocenters. The molecule has 178 valence electrons. The van der Waals surface area contributed by atoms with Gasteiger partial charge in [-0.1, -0.05) is 47.5 Å². The molecule has 0 saturated carbocycles. The first-order valence-electron chi connectivity index (χ1n) is 11.6. The topological polar surface area (TPSA) is 79.7 Å². The second-order valence-electron chi connectivity index (χ2n) is 8.78. The van der Waals surface area contributed by atoms with Gasteiger partial charge in [-0.05, 0) is 50.2 Å². The largest absolute Gasteiger partial charge is 0.459 e. The number of fused-ring (bicyclic) bond motifs is 1. The molecule has 0 spiro atoms. The fourth-order valence-corrected chi connectivity index (χ4v) is 4.18. The smallest absolute Gasteiger partial charge is 0.338 e. The van der Waals surface area contributed by atoms with Crippen molar-refractivity contribution >= 4 is 23.0 Å². The number of carbonyl (C=O) groups is 2. The van der Waals surface area contributed by atoms with E-state index in [1.54, 1.807) is 30.6 Å². The number of nitrogens with zero attached hydrogens (tertiary/aromatic N) is 2. The van der Waals surface area contributed by atoms with Crippen LogP contribution in [0.15, 0.2) is 79.1 Å². The molecule has 1 aliphatic heterocycles. The number of aromatic nitrogens is 2. The van der Waals surface area contributed by atoms with Crippen molar-refractivity contribution < 1.29 is 23.8 Å². The van der Waals surface area contributed by atoms with Crippen molar-refractivity contribution in [3.8, 4) is 0 Å². The van der Waals surface area contributed by atoms with E-state index < -0.39 is 30.4 Å². The summed E-state index contributed by atoms with van der Waals surface area (Å²) in [5.41, 5.74) is 4.79. The van der Waals surface area contributed by atoms with Gasteiger partial charge in [0.25, 0.3) is 0 Å². The third-order valence-electron chi connectivity index (χ3n) is 6.18. The third kappa shape index (κ3) is 4.95. The van der Waals surface area contributed by atoms with Crippen molar-refractivity contribution in [3.05, 3.63) is 101 Å². The minimum Gasteiger partial charge on any atom is -0.459 e. The Morgan fingerprint density at radius 2 is 1.54 bits per heavy atom. The second-order valence-corrected chi connectivity index (χ2v) is 8.78. The highest BCUT2D eigenvalue weighted by molar-refractivity contribution is 5.90. The molecular weight excluding hydrogens is 444 g/mol. The van der Waals surface area contributed by atoms with Crippen molar-refractivity contribution in [2.45, 2.75) is 38.7 Å². The SMILES string of the molecule is Cc1ccc(C(=O)OC[C@H]2O[C@@H](n3cnc4ccccc43)C[C@@H]2OC(=O)c2ccc(C)cc2)cc1. The van der Waals surface area contributed by atoms with Gasteiger partial charge in [-0.2, -0.15) is 0 Å². The van der Waals surface area contributed by atoms with Crippen LogP contribution in [0.1, 0.15) is 44.5 Å². The highest BCUT2D eigenvalue weighted by Gasteiger charge is 2.40. The Hall–Kier alpha value is -3.97. The molecule has 3 atom stereocenters. The number of carbonyl (C=O) groups excluding carboxylic acids is 2. The summed E-state index contributed by atoms with van der Waals surface area (Å²) >= 11 is 0. The van der Waals surface area contributed by atoms with Crippen molar-refractivity contribution in [2.75, 3.05) is 6.61 Å². The molecule has 3 aromatic carbocycles. The molecule has 1 saturated heterocycles. The molecule has 2 heterocycles. The molecular formula is C28H26N2O5. The molecule has 0 amide bonds. The van der Waals surface area contributed by atoms with E-state index in [9.17, 15) is 9.59 Å². The summed E-state index contributed by atoms with van der Waals surface area (Å²) in [7, 11) is 0. The summed E-state index contributed by atoms with van der Waals surface area (Å²) in [6.07, 6.45) is 0.492. The standard InChI is InChI=1S/C28H26N2O5/c1-18-7-11-20(12-8-18)27(31)33-16-25-24(35-28(32)21-13-9-19(2)10-14-21)15-26(34-25)30-17-29-22-5-3-4-6-23(22)30/h3-14,17,24-26H,15-16H2,1-2H3/t24-,25+,26+/m0/s1. The van der Waals surface area contributed by atoms with Crippen LogP contribution in [0.3, 0.4) is 0 Å². The normalized spacial score (nSPS) is 19.5. The number of benzene rings is 3. The Morgan fingerprint density at radius 3 is 2.23 bits per heavy atom. The zero-order chi connectivity index (χ0) is 24.4. The highest BCUT2D eigenvalue weighted by Crippen LogP contribution is 2.34. The van der Waals surface area contributed by atoms with Crippen molar-refractivity contribution in [3.63, 3.8) is 0 Å². The summed E-state index contributed by atoms with van der Waals surface area (Å²) in [5.74, 6) is -0.890. The van der Waals surface area contributed by atoms with Crippen molar-refractivity contribution in [1.82, 2.24) is 9.55 Å². The lowest BCUT2D eigenvalue weighted by molar-refractivity contribution is -0.0562. The maximum Gasteiger partial charge on any atom is 0.338 e. The van der Waals surface area contributed by atoms with Crippen LogP contribution in [-0.4, -0.2) is 40.3 Å². The first kappa shape index (κ1) is 22.8. The van der Waals surface area contributed by atoms with Crippen LogP contribution < -0.4 is 0 Å². The lowest BCUT2D eigenvalue weighted by Gasteiger charge is -2.19. The summed E-state index contributed by atoms with van der Waals surface area (Å²) in [5, 5.41) is 0. The molecule has 35 heavy (non-hydrogen) atoms. The zero-order valence-electron chi connectivity index (χ0n) is 19.6. The van der Waals surface area contributed by atoms with Crippen LogP contribution >= 0.6 is 0 Å². The third-order valence-corrected chi connectivity index (χ3v) is 6.18. The number of rotatable bonds is 6. The highest BCUT2D eigenvalue weighted by atomic mass is 16.6. The monoisotopic (exact) mass is 470 g/mol. The lowest BCUT2D eigenvalue weighted by atomic mass is 10.1. The van der Waals surface area contributed by atoms with E-state index in [2.05, 4.69) is 4.98 Å². The molecule has 7 heteroatoms. The fraction of sp³-hybridized carbons (Fsp3) is 0.250. The van der Waals surface area contributed by atoms with Crippen LogP contribution in [0.2, 0.25) is 0 Å². The molecule has 1 aromatic heterocycles. The molecule has 4 aromatic rings. The van der Waals surface area contributed by atoms with E-state index in [0.29, 0.717) is 17.5 Å². The molecule has 0 radical (unpaired) electrons. The van der Waals surface area contributed by atoms with Gasteiger partial charge in [0.05, 0.1) is 28.5 Å². The molecule has 1 fully saturated rings. The number of ether oxygens (including phenoxy) is 3. The van der Waals surface area contributed by atoms with E-state index in [1.165, 1.54) is 0 Å². The Balaban J connectivity index is 1.34. The Morgan fingerprint density at radius 1 is 0.914 bits per heavy atom. The van der Waals surface area contributed by atoms with Gasteiger partial charge >= 0.3 is 11.9 Å². The van der Waals surface area contributed by atoms with Gasteiger partial charge in [-0.25, -0.2) is 14.6 Å². The molecule has 0 bridgehead atoms. The fourth-order valence-electron chi connectivity index (χ4n) is 4.18. The molecule has 5 rings (SSSR count). The number of aryl methyl sites for hydroxylation is 2. The molecule has 0 N–H and O–H groups in total. The van der Waals surface area contributed by atoms with Gasteiger partial charge < -0.3 is 18.8 Å². The van der Waals surface area contributed by atoms with Gasteiger partial charge in [0.2, 0.25) is 0 Å². The molecule has 0 aliphatic carbocycles. The van der Waals surface area contributed by atoms with E-state index in [1.807, 2.05) is 66.9 Å². The van der Waals surface area contributed by atoms with Gasteiger partial charge in [0.1, 0.15) is 25.0 Å². The van der Waals surface area contributed by atoms with E-state index >= 15 is 0 Å². The van der Waals surface area contributed by atoms with Crippen LogP contribution in [-0.2, 0) is 14.2 Å².